The van der Waals surface area contributed by atoms with Gasteiger partial charge in [0.1, 0.15) is 5.51 Å². The van der Waals surface area contributed by atoms with Crippen molar-refractivity contribution < 1.29 is 18.0 Å². The summed E-state index contributed by atoms with van der Waals surface area (Å²) in [7, 11) is 0. The molecule has 0 bridgehead atoms. The molecule has 1 heterocycles. The van der Waals surface area contributed by atoms with Crippen LogP contribution >= 0.6 is 34.7 Å². The smallest absolute Gasteiger partial charge is 0.325 e. The zero-order chi connectivity index (χ0) is 16.3. The lowest BCUT2D eigenvalue weighted by Crippen LogP contribution is -2.24. The minimum atomic E-state index is -4.61. The third-order valence-corrected chi connectivity index (χ3v) is 4.68. The number of alkyl halides is 3. The molecule has 1 atom stereocenters. The molecule has 0 radical (unpaired) electrons. The second-order valence-corrected chi connectivity index (χ2v) is 7.00. The van der Waals surface area contributed by atoms with E-state index in [2.05, 4.69) is 15.5 Å². The van der Waals surface area contributed by atoms with Crippen molar-refractivity contribution >= 4 is 46.3 Å². The van der Waals surface area contributed by atoms with E-state index in [9.17, 15) is 18.0 Å². The third-order valence-electron chi connectivity index (χ3n) is 2.53. The molecule has 0 aliphatic rings. The Bertz CT molecular complexity index is 664. The maximum atomic E-state index is 13.0. The highest BCUT2D eigenvalue weighted by atomic mass is 35.5. The van der Waals surface area contributed by atoms with Gasteiger partial charge >= 0.3 is 6.18 Å². The molecule has 2 aromatic rings. The minimum Gasteiger partial charge on any atom is -0.325 e. The second kappa shape index (κ2) is 6.84. The number of aromatic nitrogens is 2. The van der Waals surface area contributed by atoms with Gasteiger partial charge in [-0.05, 0) is 25.1 Å². The van der Waals surface area contributed by atoms with Crippen molar-refractivity contribution in [2.75, 3.05) is 5.32 Å². The van der Waals surface area contributed by atoms with Gasteiger partial charge in [0.05, 0.1) is 16.5 Å². The number of thioether (sulfide) groups is 1. The summed E-state index contributed by atoms with van der Waals surface area (Å²) >= 11 is 7.95. The van der Waals surface area contributed by atoms with Crippen molar-refractivity contribution in [3.8, 4) is 0 Å². The van der Waals surface area contributed by atoms with Crippen LogP contribution in [-0.2, 0) is 11.0 Å². The Balaban J connectivity index is 2.14. The monoisotopic (exact) mass is 367 g/mol. The standard InChI is InChI=1S/C12H9ClF3N3OS2/c1-6(22-11-19-17-5-21-11)10(20)18-9-3-2-7(13)4-8(9)12(14,15)16/h2-6H,1H3,(H,18,20). The molecule has 0 saturated carbocycles. The molecule has 22 heavy (non-hydrogen) atoms. The molecule has 1 N–H and O–H groups in total. The van der Waals surface area contributed by atoms with Gasteiger partial charge in [-0.3, -0.25) is 4.79 Å². The van der Waals surface area contributed by atoms with Crippen LogP contribution in [-0.4, -0.2) is 21.4 Å². The van der Waals surface area contributed by atoms with Crippen molar-refractivity contribution in [3.05, 3.63) is 34.3 Å². The lowest BCUT2D eigenvalue weighted by Gasteiger charge is -2.16. The number of nitrogens with zero attached hydrogens (tertiary/aromatic N) is 2. The summed E-state index contributed by atoms with van der Waals surface area (Å²) in [5.74, 6) is -0.562. The number of amides is 1. The van der Waals surface area contributed by atoms with E-state index in [4.69, 9.17) is 11.6 Å². The van der Waals surface area contributed by atoms with Crippen LogP contribution in [0.3, 0.4) is 0 Å². The average molecular weight is 368 g/mol. The number of halogens is 4. The maximum Gasteiger partial charge on any atom is 0.418 e. The van der Waals surface area contributed by atoms with Gasteiger partial charge in [0.15, 0.2) is 4.34 Å². The normalized spacial score (nSPS) is 13.0. The number of carbonyl (C=O) groups excluding carboxylic acids is 1. The molecule has 0 aliphatic carbocycles. The molecule has 1 aromatic carbocycles. The van der Waals surface area contributed by atoms with Crippen molar-refractivity contribution in [1.29, 1.82) is 0 Å². The first kappa shape index (κ1) is 17.0. The van der Waals surface area contributed by atoms with Crippen LogP contribution in [0.25, 0.3) is 0 Å². The highest BCUT2D eigenvalue weighted by Crippen LogP contribution is 2.37. The van der Waals surface area contributed by atoms with Crippen LogP contribution in [0, 0.1) is 0 Å². The number of carbonyl (C=O) groups is 1. The Labute approximate surface area is 137 Å². The highest BCUT2D eigenvalue weighted by Gasteiger charge is 2.34. The van der Waals surface area contributed by atoms with E-state index in [1.54, 1.807) is 6.92 Å². The fourth-order valence-corrected chi connectivity index (χ4v) is 3.31. The van der Waals surface area contributed by atoms with Crippen molar-refractivity contribution in [2.24, 2.45) is 0 Å². The molecular formula is C12H9ClF3N3OS2. The number of hydrogen-bond donors (Lipinski definition) is 1. The minimum absolute atomic E-state index is 0.0541. The zero-order valence-electron chi connectivity index (χ0n) is 11.0. The van der Waals surface area contributed by atoms with Crippen LogP contribution in [0.5, 0.6) is 0 Å². The summed E-state index contributed by atoms with van der Waals surface area (Å²) in [4.78, 5) is 12.0. The molecule has 0 saturated heterocycles. The average Bonchev–Trinajstić information content (AvgIpc) is 2.92. The molecule has 1 amide bonds. The molecule has 118 valence electrons. The number of rotatable bonds is 4. The fraction of sp³-hybridized carbons (Fsp3) is 0.250. The van der Waals surface area contributed by atoms with E-state index < -0.39 is 22.9 Å². The maximum absolute atomic E-state index is 13.0. The molecule has 10 heteroatoms. The Morgan fingerprint density at radius 3 is 2.77 bits per heavy atom. The Morgan fingerprint density at radius 1 is 1.45 bits per heavy atom. The van der Waals surface area contributed by atoms with E-state index in [0.29, 0.717) is 4.34 Å². The van der Waals surface area contributed by atoms with E-state index in [1.807, 2.05) is 0 Å². The van der Waals surface area contributed by atoms with E-state index in [0.717, 1.165) is 23.9 Å². The zero-order valence-corrected chi connectivity index (χ0v) is 13.4. The second-order valence-electron chi connectivity index (χ2n) is 4.14. The molecule has 1 aromatic heterocycles. The lowest BCUT2D eigenvalue weighted by atomic mass is 10.1. The summed E-state index contributed by atoms with van der Waals surface area (Å²) in [6, 6.07) is 3.19. The van der Waals surface area contributed by atoms with Gasteiger partial charge in [0, 0.05) is 5.02 Å². The molecule has 4 nitrogen and oxygen atoms in total. The van der Waals surface area contributed by atoms with E-state index in [1.165, 1.54) is 22.9 Å². The third kappa shape index (κ3) is 4.34. The van der Waals surface area contributed by atoms with Gasteiger partial charge in [-0.15, -0.1) is 10.2 Å². The first-order valence-corrected chi connectivity index (χ1v) is 8.01. The van der Waals surface area contributed by atoms with Gasteiger partial charge in [-0.25, -0.2) is 0 Å². The van der Waals surface area contributed by atoms with Crippen LogP contribution in [0.4, 0.5) is 18.9 Å². The Morgan fingerprint density at radius 2 is 2.18 bits per heavy atom. The molecule has 0 aliphatic heterocycles. The topological polar surface area (TPSA) is 54.9 Å². The van der Waals surface area contributed by atoms with Crippen LogP contribution < -0.4 is 5.32 Å². The number of benzene rings is 1. The van der Waals surface area contributed by atoms with Gasteiger partial charge in [0.2, 0.25) is 5.91 Å². The van der Waals surface area contributed by atoms with Crippen LogP contribution in [0.2, 0.25) is 5.02 Å². The summed E-state index contributed by atoms with van der Waals surface area (Å²) in [6.07, 6.45) is -4.61. The molecule has 0 spiro atoms. The molecular weight excluding hydrogens is 359 g/mol. The Kier molecular flexibility index (Phi) is 5.30. The van der Waals surface area contributed by atoms with Crippen LogP contribution in [0.1, 0.15) is 12.5 Å². The molecule has 1 unspecified atom stereocenters. The highest BCUT2D eigenvalue weighted by molar-refractivity contribution is 8.02. The van der Waals surface area contributed by atoms with E-state index >= 15 is 0 Å². The van der Waals surface area contributed by atoms with Gasteiger partial charge in [0.25, 0.3) is 0 Å². The van der Waals surface area contributed by atoms with E-state index in [-0.39, 0.29) is 10.7 Å². The lowest BCUT2D eigenvalue weighted by molar-refractivity contribution is -0.137. The summed E-state index contributed by atoms with van der Waals surface area (Å²) in [5.41, 5.74) is 0.196. The van der Waals surface area contributed by atoms with Crippen molar-refractivity contribution in [1.82, 2.24) is 10.2 Å². The summed E-state index contributed by atoms with van der Waals surface area (Å²) < 4.78 is 39.4. The Hall–Kier alpha value is -1.32. The van der Waals surface area contributed by atoms with Crippen molar-refractivity contribution in [2.45, 2.75) is 22.7 Å². The first-order valence-electron chi connectivity index (χ1n) is 5.88. The van der Waals surface area contributed by atoms with Gasteiger partial charge in [-0.2, -0.15) is 13.2 Å². The first-order chi connectivity index (χ1) is 10.3. The summed E-state index contributed by atoms with van der Waals surface area (Å²) in [5, 5.41) is 9.00. The van der Waals surface area contributed by atoms with Crippen molar-refractivity contribution in [3.63, 3.8) is 0 Å². The summed E-state index contributed by atoms with van der Waals surface area (Å²) in [6.45, 7) is 1.57. The largest absolute Gasteiger partial charge is 0.418 e. The van der Waals surface area contributed by atoms with Gasteiger partial charge < -0.3 is 5.32 Å². The van der Waals surface area contributed by atoms with Crippen LogP contribution in [0.15, 0.2) is 28.0 Å². The fourth-order valence-electron chi connectivity index (χ4n) is 1.51. The quantitative estimate of drug-likeness (QED) is 0.817. The molecule has 2 rings (SSSR count). The molecule has 0 fully saturated rings. The van der Waals surface area contributed by atoms with Gasteiger partial charge in [-0.1, -0.05) is 34.7 Å². The SMILES string of the molecule is CC(Sc1nncs1)C(=O)Nc1ccc(Cl)cc1C(F)(F)F. The predicted molar refractivity (Wildman–Crippen MR) is 80.3 cm³/mol. The number of hydrogen-bond acceptors (Lipinski definition) is 5. The predicted octanol–water partition coefficient (Wildman–Crippen LogP) is 4.33. The number of anilines is 1. The number of nitrogens with one attached hydrogen (secondary N) is 1.